The molecular formula is C17H34N2. The highest BCUT2D eigenvalue weighted by Crippen LogP contribution is 2.51. The van der Waals surface area contributed by atoms with Crippen molar-refractivity contribution in [2.24, 2.45) is 16.6 Å². The summed E-state index contributed by atoms with van der Waals surface area (Å²) in [5, 5.41) is 0. The van der Waals surface area contributed by atoms with Crippen molar-refractivity contribution >= 4 is 0 Å². The van der Waals surface area contributed by atoms with Gasteiger partial charge in [-0.05, 0) is 49.5 Å². The van der Waals surface area contributed by atoms with Gasteiger partial charge in [0.05, 0.1) is 0 Å². The van der Waals surface area contributed by atoms with E-state index in [9.17, 15) is 0 Å². The minimum atomic E-state index is 0.261. The summed E-state index contributed by atoms with van der Waals surface area (Å²) >= 11 is 0. The molecule has 1 unspecified atom stereocenters. The van der Waals surface area contributed by atoms with Crippen molar-refractivity contribution in [2.75, 3.05) is 19.6 Å². The molecule has 112 valence electrons. The van der Waals surface area contributed by atoms with Crippen molar-refractivity contribution in [3.8, 4) is 0 Å². The van der Waals surface area contributed by atoms with Gasteiger partial charge < -0.3 is 5.73 Å². The molecule has 0 amide bonds. The third-order valence-corrected chi connectivity index (χ3v) is 6.78. The molecule has 2 fully saturated rings. The highest BCUT2D eigenvalue weighted by atomic mass is 15.2. The third-order valence-electron chi connectivity index (χ3n) is 6.78. The van der Waals surface area contributed by atoms with Crippen LogP contribution in [0.2, 0.25) is 0 Å². The van der Waals surface area contributed by atoms with Crippen LogP contribution in [-0.4, -0.2) is 30.1 Å². The number of likely N-dealkylation sites (tertiary alicyclic amines) is 1. The van der Waals surface area contributed by atoms with Gasteiger partial charge >= 0.3 is 0 Å². The van der Waals surface area contributed by atoms with Crippen molar-refractivity contribution in [2.45, 2.75) is 78.2 Å². The van der Waals surface area contributed by atoms with E-state index in [1.807, 2.05) is 0 Å². The van der Waals surface area contributed by atoms with Gasteiger partial charge in [0, 0.05) is 18.6 Å². The molecular weight excluding hydrogens is 232 g/mol. The van der Waals surface area contributed by atoms with Crippen molar-refractivity contribution in [3.05, 3.63) is 0 Å². The number of nitrogens with zero attached hydrogens (tertiary/aromatic N) is 1. The highest BCUT2D eigenvalue weighted by Gasteiger charge is 2.52. The van der Waals surface area contributed by atoms with Crippen molar-refractivity contribution in [1.29, 1.82) is 0 Å². The van der Waals surface area contributed by atoms with Gasteiger partial charge in [0.15, 0.2) is 0 Å². The molecule has 2 N–H and O–H groups in total. The second-order valence-electron chi connectivity index (χ2n) is 7.71. The summed E-state index contributed by atoms with van der Waals surface area (Å²) in [6.45, 7) is 13.0. The normalized spacial score (nSPS) is 34.6. The van der Waals surface area contributed by atoms with Crippen molar-refractivity contribution in [3.63, 3.8) is 0 Å². The van der Waals surface area contributed by atoms with E-state index >= 15 is 0 Å². The number of hydrogen-bond acceptors (Lipinski definition) is 2. The topological polar surface area (TPSA) is 29.3 Å². The van der Waals surface area contributed by atoms with Crippen LogP contribution in [0.15, 0.2) is 0 Å². The molecule has 0 aromatic heterocycles. The van der Waals surface area contributed by atoms with E-state index in [0.29, 0.717) is 10.8 Å². The van der Waals surface area contributed by atoms with E-state index in [1.165, 1.54) is 58.0 Å². The van der Waals surface area contributed by atoms with E-state index in [2.05, 4.69) is 32.6 Å². The Hall–Kier alpha value is -0.0800. The van der Waals surface area contributed by atoms with Gasteiger partial charge in [-0.15, -0.1) is 0 Å². The van der Waals surface area contributed by atoms with Gasteiger partial charge in [-0.25, -0.2) is 0 Å². The minimum absolute atomic E-state index is 0.261. The first-order chi connectivity index (χ1) is 8.95. The maximum absolute atomic E-state index is 6.32. The zero-order chi connectivity index (χ0) is 14.1. The van der Waals surface area contributed by atoms with Crippen LogP contribution in [0, 0.1) is 10.8 Å². The second-order valence-corrected chi connectivity index (χ2v) is 7.71. The lowest BCUT2D eigenvalue weighted by Crippen LogP contribution is -2.63. The lowest BCUT2D eigenvalue weighted by atomic mass is 9.62. The maximum atomic E-state index is 6.32. The quantitative estimate of drug-likeness (QED) is 0.838. The van der Waals surface area contributed by atoms with Crippen LogP contribution in [0.5, 0.6) is 0 Å². The van der Waals surface area contributed by atoms with Gasteiger partial charge in [0.25, 0.3) is 0 Å². The summed E-state index contributed by atoms with van der Waals surface area (Å²) in [4.78, 5) is 2.79. The number of rotatable bonds is 4. The van der Waals surface area contributed by atoms with Crippen LogP contribution in [-0.2, 0) is 0 Å². The predicted octanol–water partition coefficient (Wildman–Crippen LogP) is 3.80. The summed E-state index contributed by atoms with van der Waals surface area (Å²) in [5.41, 5.74) is 7.52. The molecule has 2 rings (SSSR count). The van der Waals surface area contributed by atoms with Crippen molar-refractivity contribution < 1.29 is 0 Å². The third kappa shape index (κ3) is 2.35. The largest absolute Gasteiger partial charge is 0.329 e. The Balaban J connectivity index is 2.23. The molecule has 2 aliphatic rings. The Bertz CT molecular complexity index is 306. The summed E-state index contributed by atoms with van der Waals surface area (Å²) in [5.74, 6) is 0. The van der Waals surface area contributed by atoms with Gasteiger partial charge in [0.2, 0.25) is 0 Å². The Kier molecular flexibility index (Phi) is 4.32. The first kappa shape index (κ1) is 15.3. The van der Waals surface area contributed by atoms with E-state index in [-0.39, 0.29) is 5.54 Å². The molecule has 1 saturated carbocycles. The molecule has 1 heterocycles. The Morgan fingerprint density at radius 3 is 2.11 bits per heavy atom. The number of nitrogens with two attached hydrogens (primary N) is 1. The number of hydrogen-bond donors (Lipinski definition) is 1. The SMILES string of the molecule is CCC1(CC)CCN(C2(CN)CCCCC2(C)C)C1. The highest BCUT2D eigenvalue weighted by molar-refractivity contribution is 5.08. The molecule has 0 bridgehead atoms. The van der Waals surface area contributed by atoms with Gasteiger partial charge in [-0.3, -0.25) is 4.90 Å². The second kappa shape index (κ2) is 5.37. The maximum Gasteiger partial charge on any atom is 0.0382 e. The lowest BCUT2D eigenvalue weighted by Gasteiger charge is -2.55. The summed E-state index contributed by atoms with van der Waals surface area (Å²) in [6.07, 6.45) is 9.41. The Morgan fingerprint density at radius 2 is 1.63 bits per heavy atom. The van der Waals surface area contributed by atoms with Crippen molar-refractivity contribution in [1.82, 2.24) is 4.90 Å². The fourth-order valence-electron chi connectivity index (χ4n) is 4.78. The molecule has 0 aromatic carbocycles. The average molecular weight is 266 g/mol. The Labute approximate surface area is 120 Å². The van der Waals surface area contributed by atoms with E-state index < -0.39 is 0 Å². The van der Waals surface area contributed by atoms with Gasteiger partial charge in [0.1, 0.15) is 0 Å². The molecule has 1 atom stereocenters. The zero-order valence-electron chi connectivity index (χ0n) is 13.6. The smallest absolute Gasteiger partial charge is 0.0382 e. The molecule has 1 aliphatic heterocycles. The molecule has 0 spiro atoms. The van der Waals surface area contributed by atoms with Crippen LogP contribution < -0.4 is 5.73 Å². The van der Waals surface area contributed by atoms with Crippen LogP contribution in [0.3, 0.4) is 0 Å². The average Bonchev–Trinajstić information content (AvgIpc) is 2.84. The van der Waals surface area contributed by atoms with Gasteiger partial charge in [-0.2, -0.15) is 0 Å². The molecule has 19 heavy (non-hydrogen) atoms. The summed E-state index contributed by atoms with van der Waals surface area (Å²) < 4.78 is 0. The molecule has 2 heteroatoms. The van der Waals surface area contributed by atoms with E-state index in [1.54, 1.807) is 0 Å². The van der Waals surface area contributed by atoms with Crippen LogP contribution >= 0.6 is 0 Å². The van der Waals surface area contributed by atoms with Gasteiger partial charge in [-0.1, -0.05) is 40.5 Å². The molecule has 0 aromatic rings. The fourth-order valence-corrected chi connectivity index (χ4v) is 4.78. The standard InChI is InChI=1S/C17H34N2/c1-5-16(6-2)11-12-19(14-16)17(13-18)10-8-7-9-15(17,3)4/h5-14,18H2,1-4H3. The van der Waals surface area contributed by atoms with E-state index in [4.69, 9.17) is 5.73 Å². The zero-order valence-corrected chi connectivity index (χ0v) is 13.6. The summed E-state index contributed by atoms with van der Waals surface area (Å²) in [6, 6.07) is 0. The molecule has 0 radical (unpaired) electrons. The molecule has 1 saturated heterocycles. The first-order valence-corrected chi connectivity index (χ1v) is 8.40. The van der Waals surface area contributed by atoms with Crippen LogP contribution in [0.25, 0.3) is 0 Å². The molecule has 1 aliphatic carbocycles. The summed E-state index contributed by atoms with van der Waals surface area (Å²) in [7, 11) is 0. The Morgan fingerprint density at radius 1 is 1.00 bits per heavy atom. The predicted molar refractivity (Wildman–Crippen MR) is 83.2 cm³/mol. The minimum Gasteiger partial charge on any atom is -0.329 e. The monoisotopic (exact) mass is 266 g/mol. The fraction of sp³-hybridized carbons (Fsp3) is 1.00. The first-order valence-electron chi connectivity index (χ1n) is 8.40. The van der Waals surface area contributed by atoms with Crippen LogP contribution in [0.1, 0.15) is 72.6 Å². The lowest BCUT2D eigenvalue weighted by molar-refractivity contribution is -0.0369. The van der Waals surface area contributed by atoms with Crippen LogP contribution in [0.4, 0.5) is 0 Å². The molecule has 2 nitrogen and oxygen atoms in total. The van der Waals surface area contributed by atoms with E-state index in [0.717, 1.165) is 6.54 Å².